The third-order valence-electron chi connectivity index (χ3n) is 3.99. The molecule has 128 valence electrons. The molecule has 0 aliphatic rings. The second-order valence-corrected chi connectivity index (χ2v) is 6.93. The molecule has 3 rings (SSSR count). The lowest BCUT2D eigenvalue weighted by atomic mass is 10.2. The summed E-state index contributed by atoms with van der Waals surface area (Å²) in [7, 11) is 0. The van der Waals surface area contributed by atoms with Gasteiger partial charge in [0.15, 0.2) is 0 Å². The number of benzene rings is 2. The van der Waals surface area contributed by atoms with Crippen molar-refractivity contribution in [3.8, 4) is 0 Å². The normalized spacial score (nSPS) is 10.8. The molecular weight excluding hydrogens is 378 g/mol. The summed E-state index contributed by atoms with van der Waals surface area (Å²) in [5, 5.41) is 2.88. The highest BCUT2D eigenvalue weighted by Crippen LogP contribution is 2.20. The Balaban J connectivity index is 1.86. The molecule has 1 aromatic heterocycles. The summed E-state index contributed by atoms with van der Waals surface area (Å²) < 4.78 is 3.27. The quantitative estimate of drug-likeness (QED) is 0.636. The maximum absolute atomic E-state index is 11.7. The number of hydrogen-bond acceptors (Lipinski definition) is 2. The fourth-order valence-corrected chi connectivity index (χ4v) is 3.20. The number of halogens is 1. The van der Waals surface area contributed by atoms with Crippen LogP contribution in [0.15, 0.2) is 65.2 Å². The number of hydrogen-bond donors (Lipinski definition) is 1. The van der Waals surface area contributed by atoms with E-state index in [0.717, 1.165) is 27.9 Å². The van der Waals surface area contributed by atoms with Gasteiger partial charge in [-0.1, -0.05) is 46.8 Å². The van der Waals surface area contributed by atoms with E-state index in [1.165, 1.54) is 5.56 Å². The van der Waals surface area contributed by atoms with Gasteiger partial charge in [-0.2, -0.15) is 0 Å². The summed E-state index contributed by atoms with van der Waals surface area (Å²) in [5.74, 6) is 0.845. The molecule has 1 heterocycles. The van der Waals surface area contributed by atoms with Gasteiger partial charge in [0, 0.05) is 29.6 Å². The van der Waals surface area contributed by atoms with Gasteiger partial charge in [0.25, 0.3) is 0 Å². The fraction of sp³-hybridized carbons (Fsp3) is 0.200. The highest BCUT2D eigenvalue weighted by atomic mass is 79.9. The largest absolute Gasteiger partial charge is 0.352 e. The van der Waals surface area contributed by atoms with Crippen molar-refractivity contribution in [1.82, 2.24) is 14.9 Å². The Morgan fingerprint density at radius 3 is 2.80 bits per heavy atom. The highest BCUT2D eigenvalue weighted by molar-refractivity contribution is 9.10. The van der Waals surface area contributed by atoms with Crippen LogP contribution in [0.25, 0.3) is 11.0 Å². The average Bonchev–Trinajstić information content (AvgIpc) is 2.92. The minimum atomic E-state index is -0.116. The van der Waals surface area contributed by atoms with Crippen molar-refractivity contribution >= 4 is 32.9 Å². The van der Waals surface area contributed by atoms with E-state index in [1.54, 1.807) is 6.92 Å². The molecular formula is C20H20BrN3O. The molecule has 0 aliphatic heterocycles. The summed E-state index contributed by atoms with van der Waals surface area (Å²) >= 11 is 3.53. The van der Waals surface area contributed by atoms with Gasteiger partial charge in [-0.05, 0) is 36.8 Å². The summed E-state index contributed by atoms with van der Waals surface area (Å²) in [6, 6.07) is 16.4. The molecule has 0 bridgehead atoms. The number of para-hydroxylation sites is 2. The zero-order chi connectivity index (χ0) is 17.8. The van der Waals surface area contributed by atoms with Crippen LogP contribution in [0, 0.1) is 0 Å². The standard InChI is InChI=1S/C20H20BrN3O/c1-14(2)20(25)22-11-10-19-23-17-8-3-4-9-18(17)24(19)13-15-6-5-7-16(21)12-15/h3-9,12H,1,10-11,13H2,2H3,(H,22,25). The van der Waals surface area contributed by atoms with E-state index in [9.17, 15) is 4.79 Å². The van der Waals surface area contributed by atoms with Gasteiger partial charge in [-0.15, -0.1) is 0 Å². The van der Waals surface area contributed by atoms with Crippen LogP contribution in [0.1, 0.15) is 18.3 Å². The number of carbonyl (C=O) groups is 1. The second kappa shape index (κ2) is 7.66. The first-order chi connectivity index (χ1) is 12.0. The number of fused-ring (bicyclic) bond motifs is 1. The molecule has 1 N–H and O–H groups in total. The molecule has 1 amide bonds. The van der Waals surface area contributed by atoms with Crippen LogP contribution >= 0.6 is 15.9 Å². The van der Waals surface area contributed by atoms with Crippen LogP contribution in [0.4, 0.5) is 0 Å². The number of amides is 1. The zero-order valence-electron chi connectivity index (χ0n) is 14.1. The van der Waals surface area contributed by atoms with Gasteiger partial charge >= 0.3 is 0 Å². The van der Waals surface area contributed by atoms with Crippen LogP contribution in [0.5, 0.6) is 0 Å². The number of aromatic nitrogens is 2. The molecule has 0 spiro atoms. The summed E-state index contributed by atoms with van der Waals surface area (Å²) in [4.78, 5) is 16.4. The van der Waals surface area contributed by atoms with E-state index in [2.05, 4.69) is 50.6 Å². The molecule has 0 fully saturated rings. The smallest absolute Gasteiger partial charge is 0.246 e. The van der Waals surface area contributed by atoms with Crippen molar-refractivity contribution in [2.45, 2.75) is 19.9 Å². The van der Waals surface area contributed by atoms with Gasteiger partial charge in [-0.25, -0.2) is 4.98 Å². The Morgan fingerprint density at radius 2 is 2.04 bits per heavy atom. The molecule has 3 aromatic rings. The Hall–Kier alpha value is -2.40. The maximum Gasteiger partial charge on any atom is 0.246 e. The molecule has 0 saturated carbocycles. The Labute approximate surface area is 155 Å². The Kier molecular flexibility index (Phi) is 5.34. The van der Waals surface area contributed by atoms with Gasteiger partial charge < -0.3 is 9.88 Å². The SMILES string of the molecule is C=C(C)C(=O)NCCc1nc2ccccc2n1Cc1cccc(Br)c1. The molecule has 0 unspecified atom stereocenters. The van der Waals surface area contributed by atoms with Crippen LogP contribution in [0.2, 0.25) is 0 Å². The molecule has 0 saturated heterocycles. The highest BCUT2D eigenvalue weighted by Gasteiger charge is 2.11. The lowest BCUT2D eigenvalue weighted by Gasteiger charge is -2.10. The van der Waals surface area contributed by atoms with E-state index < -0.39 is 0 Å². The molecule has 0 aliphatic carbocycles. The van der Waals surface area contributed by atoms with Crippen molar-refractivity contribution in [3.63, 3.8) is 0 Å². The van der Waals surface area contributed by atoms with Gasteiger partial charge in [0.1, 0.15) is 5.82 Å². The van der Waals surface area contributed by atoms with Crippen molar-refractivity contribution < 1.29 is 4.79 Å². The summed E-state index contributed by atoms with van der Waals surface area (Å²) in [6.45, 7) is 6.64. The lowest BCUT2D eigenvalue weighted by Crippen LogP contribution is -2.26. The predicted molar refractivity (Wildman–Crippen MR) is 105 cm³/mol. The van der Waals surface area contributed by atoms with Gasteiger partial charge in [-0.3, -0.25) is 4.79 Å². The van der Waals surface area contributed by atoms with Crippen LogP contribution in [-0.4, -0.2) is 22.0 Å². The van der Waals surface area contributed by atoms with E-state index in [4.69, 9.17) is 4.98 Å². The molecule has 2 aromatic carbocycles. The first-order valence-electron chi connectivity index (χ1n) is 8.17. The minimum absolute atomic E-state index is 0.116. The summed E-state index contributed by atoms with van der Waals surface area (Å²) in [6.07, 6.45) is 0.668. The Bertz CT molecular complexity index is 930. The van der Waals surface area contributed by atoms with Crippen LogP contribution in [-0.2, 0) is 17.8 Å². The van der Waals surface area contributed by atoms with Crippen molar-refractivity contribution in [2.24, 2.45) is 0 Å². The van der Waals surface area contributed by atoms with Crippen LogP contribution < -0.4 is 5.32 Å². The maximum atomic E-state index is 11.7. The van der Waals surface area contributed by atoms with E-state index >= 15 is 0 Å². The third kappa shape index (κ3) is 4.17. The molecule has 0 atom stereocenters. The Morgan fingerprint density at radius 1 is 1.24 bits per heavy atom. The first kappa shape index (κ1) is 17.4. The predicted octanol–water partition coefficient (Wildman–Crippen LogP) is 4.08. The van der Waals surface area contributed by atoms with Gasteiger partial charge in [0.2, 0.25) is 5.91 Å². The van der Waals surface area contributed by atoms with E-state index in [-0.39, 0.29) is 5.91 Å². The minimum Gasteiger partial charge on any atom is -0.352 e. The van der Waals surface area contributed by atoms with E-state index in [0.29, 0.717) is 18.5 Å². The average molecular weight is 398 g/mol. The zero-order valence-corrected chi connectivity index (χ0v) is 15.7. The van der Waals surface area contributed by atoms with Crippen molar-refractivity contribution in [1.29, 1.82) is 0 Å². The summed E-state index contributed by atoms with van der Waals surface area (Å²) in [5.41, 5.74) is 3.79. The number of carbonyl (C=O) groups excluding carboxylic acids is 1. The molecule has 5 heteroatoms. The topological polar surface area (TPSA) is 46.9 Å². The molecule has 0 radical (unpaired) electrons. The van der Waals surface area contributed by atoms with E-state index in [1.807, 2.05) is 30.3 Å². The third-order valence-corrected chi connectivity index (χ3v) is 4.48. The number of imidazole rings is 1. The number of nitrogens with zero attached hydrogens (tertiary/aromatic N) is 2. The first-order valence-corrected chi connectivity index (χ1v) is 8.96. The molecule has 25 heavy (non-hydrogen) atoms. The number of rotatable bonds is 6. The number of nitrogens with one attached hydrogen (secondary N) is 1. The van der Waals surface area contributed by atoms with Crippen molar-refractivity contribution in [2.75, 3.05) is 6.54 Å². The monoisotopic (exact) mass is 397 g/mol. The lowest BCUT2D eigenvalue weighted by molar-refractivity contribution is -0.117. The fourth-order valence-electron chi connectivity index (χ4n) is 2.75. The second-order valence-electron chi connectivity index (χ2n) is 6.02. The molecule has 4 nitrogen and oxygen atoms in total. The van der Waals surface area contributed by atoms with Crippen molar-refractivity contribution in [3.05, 3.63) is 76.5 Å². The van der Waals surface area contributed by atoms with Crippen LogP contribution in [0.3, 0.4) is 0 Å². The van der Waals surface area contributed by atoms with Gasteiger partial charge in [0.05, 0.1) is 11.0 Å².